The summed E-state index contributed by atoms with van der Waals surface area (Å²) in [7, 11) is 0. The Labute approximate surface area is 117 Å². The van der Waals surface area contributed by atoms with E-state index in [1.807, 2.05) is 0 Å². The van der Waals surface area contributed by atoms with E-state index in [0.717, 1.165) is 4.88 Å². The third-order valence-corrected chi connectivity index (χ3v) is 3.44. The third kappa shape index (κ3) is 2.28. The van der Waals surface area contributed by atoms with Crippen molar-refractivity contribution in [1.29, 1.82) is 0 Å². The minimum Gasteiger partial charge on any atom is -0.476 e. The molecule has 0 atom stereocenters. The van der Waals surface area contributed by atoms with E-state index in [4.69, 9.17) is 0 Å². The predicted octanol–water partition coefficient (Wildman–Crippen LogP) is 1.54. The number of hydrogen-bond donors (Lipinski definition) is 1. The van der Waals surface area contributed by atoms with Crippen molar-refractivity contribution in [3.05, 3.63) is 46.8 Å². The predicted molar refractivity (Wildman–Crippen MR) is 71.4 cm³/mol. The second-order valence-corrected chi connectivity index (χ2v) is 4.92. The van der Waals surface area contributed by atoms with E-state index in [-0.39, 0.29) is 5.69 Å². The Bertz CT molecular complexity index is 724. The monoisotopic (exact) mass is 287 g/mol. The quantitative estimate of drug-likeness (QED) is 0.782. The molecule has 3 heterocycles. The SMILES string of the molecule is O=C(O)c1nnn(Cc2cncs2)c1-c1ccncc1. The lowest BCUT2D eigenvalue weighted by Crippen LogP contribution is -2.05. The summed E-state index contributed by atoms with van der Waals surface area (Å²) in [4.78, 5) is 20.2. The maximum Gasteiger partial charge on any atom is 0.358 e. The highest BCUT2D eigenvalue weighted by Crippen LogP contribution is 2.23. The number of thiazole rings is 1. The molecule has 7 nitrogen and oxygen atoms in total. The molecule has 0 bridgehead atoms. The van der Waals surface area contributed by atoms with Gasteiger partial charge in [-0.15, -0.1) is 16.4 Å². The zero-order chi connectivity index (χ0) is 13.9. The lowest BCUT2D eigenvalue weighted by atomic mass is 10.1. The number of aromatic carboxylic acids is 1. The van der Waals surface area contributed by atoms with E-state index in [1.165, 1.54) is 11.3 Å². The largest absolute Gasteiger partial charge is 0.476 e. The summed E-state index contributed by atoms with van der Waals surface area (Å²) in [6.45, 7) is 0.433. The van der Waals surface area contributed by atoms with Gasteiger partial charge in [0.25, 0.3) is 0 Å². The molecular formula is C12H9N5O2S. The molecule has 3 aromatic heterocycles. The van der Waals surface area contributed by atoms with Gasteiger partial charge in [0.05, 0.1) is 12.1 Å². The van der Waals surface area contributed by atoms with Gasteiger partial charge in [-0.3, -0.25) is 9.97 Å². The number of pyridine rings is 1. The molecule has 0 unspecified atom stereocenters. The number of carbonyl (C=O) groups is 1. The first-order chi connectivity index (χ1) is 9.75. The van der Waals surface area contributed by atoms with Crippen molar-refractivity contribution in [1.82, 2.24) is 25.0 Å². The van der Waals surface area contributed by atoms with E-state index in [1.54, 1.807) is 40.9 Å². The van der Waals surface area contributed by atoms with Crippen molar-refractivity contribution in [2.24, 2.45) is 0 Å². The van der Waals surface area contributed by atoms with E-state index in [0.29, 0.717) is 17.8 Å². The second-order valence-electron chi connectivity index (χ2n) is 3.95. The summed E-state index contributed by atoms with van der Waals surface area (Å²) in [5, 5.41) is 16.9. The summed E-state index contributed by atoms with van der Waals surface area (Å²) in [6.07, 6.45) is 4.93. The highest BCUT2D eigenvalue weighted by molar-refractivity contribution is 7.09. The lowest BCUT2D eigenvalue weighted by Gasteiger charge is -2.05. The van der Waals surface area contributed by atoms with Gasteiger partial charge in [-0.2, -0.15) is 0 Å². The molecule has 3 aromatic rings. The van der Waals surface area contributed by atoms with Crippen molar-refractivity contribution in [2.75, 3.05) is 0 Å². The van der Waals surface area contributed by atoms with E-state index < -0.39 is 5.97 Å². The Balaban J connectivity index is 2.09. The highest BCUT2D eigenvalue weighted by Gasteiger charge is 2.20. The van der Waals surface area contributed by atoms with Gasteiger partial charge in [-0.1, -0.05) is 5.21 Å². The molecule has 0 aromatic carbocycles. The zero-order valence-corrected chi connectivity index (χ0v) is 11.0. The van der Waals surface area contributed by atoms with Crippen molar-refractivity contribution in [2.45, 2.75) is 6.54 Å². The smallest absolute Gasteiger partial charge is 0.358 e. The van der Waals surface area contributed by atoms with E-state index in [9.17, 15) is 9.90 Å². The Kier molecular flexibility index (Phi) is 3.21. The Morgan fingerprint density at radius 1 is 1.30 bits per heavy atom. The molecule has 0 aliphatic heterocycles. The normalized spacial score (nSPS) is 10.6. The molecule has 0 fully saturated rings. The number of rotatable bonds is 4. The number of carboxylic acids is 1. The zero-order valence-electron chi connectivity index (χ0n) is 10.2. The first-order valence-electron chi connectivity index (χ1n) is 5.70. The van der Waals surface area contributed by atoms with Crippen LogP contribution in [0.1, 0.15) is 15.4 Å². The fourth-order valence-corrected chi connectivity index (χ4v) is 2.41. The Morgan fingerprint density at radius 3 is 2.75 bits per heavy atom. The second kappa shape index (κ2) is 5.17. The van der Waals surface area contributed by atoms with Crippen LogP contribution >= 0.6 is 11.3 Å². The van der Waals surface area contributed by atoms with Crippen LogP contribution in [0.5, 0.6) is 0 Å². The lowest BCUT2D eigenvalue weighted by molar-refractivity contribution is 0.0691. The maximum absolute atomic E-state index is 11.3. The van der Waals surface area contributed by atoms with Crippen LogP contribution in [-0.2, 0) is 6.54 Å². The minimum atomic E-state index is -1.10. The van der Waals surface area contributed by atoms with Gasteiger partial charge >= 0.3 is 5.97 Å². The molecule has 8 heteroatoms. The molecule has 100 valence electrons. The average Bonchev–Trinajstić information content (AvgIpc) is 3.09. The van der Waals surface area contributed by atoms with Crippen LogP contribution in [0.15, 0.2) is 36.2 Å². The number of hydrogen-bond acceptors (Lipinski definition) is 6. The first-order valence-corrected chi connectivity index (χ1v) is 6.58. The molecule has 0 saturated heterocycles. The van der Waals surface area contributed by atoms with Crippen LogP contribution in [0.25, 0.3) is 11.3 Å². The number of aromatic nitrogens is 5. The van der Waals surface area contributed by atoms with Gasteiger partial charge < -0.3 is 5.11 Å². The fraction of sp³-hybridized carbons (Fsp3) is 0.0833. The molecule has 20 heavy (non-hydrogen) atoms. The van der Waals surface area contributed by atoms with E-state index in [2.05, 4.69) is 20.3 Å². The molecule has 0 aliphatic carbocycles. The Morgan fingerprint density at radius 2 is 2.10 bits per heavy atom. The van der Waals surface area contributed by atoms with Crippen molar-refractivity contribution in [3.63, 3.8) is 0 Å². The molecule has 0 aliphatic rings. The fourth-order valence-electron chi connectivity index (χ4n) is 1.83. The van der Waals surface area contributed by atoms with Crippen LogP contribution in [0.3, 0.4) is 0 Å². The van der Waals surface area contributed by atoms with Gasteiger partial charge in [0.2, 0.25) is 0 Å². The highest BCUT2D eigenvalue weighted by atomic mass is 32.1. The number of nitrogens with zero attached hydrogens (tertiary/aromatic N) is 5. The summed E-state index contributed by atoms with van der Waals surface area (Å²) in [6, 6.07) is 3.46. The summed E-state index contributed by atoms with van der Waals surface area (Å²) in [5.74, 6) is -1.10. The first kappa shape index (κ1) is 12.4. The summed E-state index contributed by atoms with van der Waals surface area (Å²) >= 11 is 1.48. The molecule has 1 N–H and O–H groups in total. The number of carboxylic acid groups (broad SMARTS) is 1. The van der Waals surface area contributed by atoms with Gasteiger partial charge in [-0.05, 0) is 12.1 Å². The standard InChI is InChI=1S/C12H9N5O2S/c18-12(19)10-11(8-1-3-13-4-2-8)17(16-15-10)6-9-5-14-7-20-9/h1-5,7H,6H2,(H,18,19). The minimum absolute atomic E-state index is 0.0688. The van der Waals surface area contributed by atoms with Gasteiger partial charge in [0, 0.05) is 29.0 Å². The Hall–Kier alpha value is -2.61. The van der Waals surface area contributed by atoms with Crippen LogP contribution in [0.2, 0.25) is 0 Å². The molecule has 3 rings (SSSR count). The van der Waals surface area contributed by atoms with Crippen molar-refractivity contribution < 1.29 is 9.90 Å². The topological polar surface area (TPSA) is 93.8 Å². The molecule has 0 radical (unpaired) electrons. The van der Waals surface area contributed by atoms with Gasteiger partial charge in [-0.25, -0.2) is 9.48 Å². The van der Waals surface area contributed by atoms with Gasteiger partial charge in [0.1, 0.15) is 5.69 Å². The van der Waals surface area contributed by atoms with Crippen molar-refractivity contribution in [3.8, 4) is 11.3 Å². The van der Waals surface area contributed by atoms with Crippen LogP contribution in [0.4, 0.5) is 0 Å². The average molecular weight is 287 g/mol. The van der Waals surface area contributed by atoms with E-state index >= 15 is 0 Å². The summed E-state index contributed by atoms with van der Waals surface area (Å²) in [5.41, 5.74) is 2.83. The maximum atomic E-state index is 11.3. The third-order valence-electron chi connectivity index (χ3n) is 2.68. The van der Waals surface area contributed by atoms with Crippen LogP contribution in [0, 0.1) is 0 Å². The molecule has 0 saturated carbocycles. The van der Waals surface area contributed by atoms with Crippen LogP contribution in [-0.4, -0.2) is 36.0 Å². The summed E-state index contributed by atoms with van der Waals surface area (Å²) < 4.78 is 1.56. The van der Waals surface area contributed by atoms with Crippen LogP contribution < -0.4 is 0 Å². The molecular weight excluding hydrogens is 278 g/mol. The molecule has 0 amide bonds. The van der Waals surface area contributed by atoms with Gasteiger partial charge in [0.15, 0.2) is 5.69 Å². The molecule has 0 spiro atoms. The van der Waals surface area contributed by atoms with Crippen molar-refractivity contribution >= 4 is 17.3 Å².